The van der Waals surface area contributed by atoms with Crippen molar-refractivity contribution in [1.82, 2.24) is 14.8 Å². The lowest BCUT2D eigenvalue weighted by Crippen LogP contribution is -2.54. The molecule has 0 unspecified atom stereocenters. The van der Waals surface area contributed by atoms with Crippen LogP contribution in [0.4, 0.5) is 11.5 Å². The van der Waals surface area contributed by atoms with Crippen LogP contribution < -0.4 is 9.80 Å². The molecule has 7 nitrogen and oxygen atoms in total. The first-order chi connectivity index (χ1) is 18.0. The second-order valence-corrected chi connectivity index (χ2v) is 10.0. The molecule has 0 spiro atoms. The van der Waals surface area contributed by atoms with Gasteiger partial charge in [0, 0.05) is 70.2 Å². The number of carbonyl (C=O) groups excluding carboxylic acids is 1. The molecule has 2 aromatic carbocycles. The highest BCUT2D eigenvalue weighted by Crippen LogP contribution is 2.24. The van der Waals surface area contributed by atoms with Gasteiger partial charge in [0.25, 0.3) is 5.91 Å². The summed E-state index contributed by atoms with van der Waals surface area (Å²) in [6.07, 6.45) is 1.82. The van der Waals surface area contributed by atoms with Crippen molar-refractivity contribution in [1.29, 1.82) is 5.26 Å². The summed E-state index contributed by atoms with van der Waals surface area (Å²) in [7, 11) is 0. The number of anilines is 2. The molecule has 5 rings (SSSR count). The molecule has 0 aliphatic carbocycles. The van der Waals surface area contributed by atoms with Crippen LogP contribution in [0, 0.1) is 18.3 Å². The van der Waals surface area contributed by atoms with Gasteiger partial charge in [0.1, 0.15) is 11.9 Å². The van der Waals surface area contributed by atoms with Gasteiger partial charge in [-0.3, -0.25) is 9.69 Å². The van der Waals surface area contributed by atoms with E-state index in [0.717, 1.165) is 74.0 Å². The monoisotopic (exact) mass is 494 g/mol. The number of aryl methyl sites for hydroxylation is 1. The number of hydrogen-bond donors (Lipinski definition) is 0. The van der Waals surface area contributed by atoms with Crippen molar-refractivity contribution in [3.05, 3.63) is 89.1 Å². The van der Waals surface area contributed by atoms with Crippen LogP contribution in [0.5, 0.6) is 0 Å². The summed E-state index contributed by atoms with van der Waals surface area (Å²) in [4.78, 5) is 27.1. The molecule has 37 heavy (non-hydrogen) atoms. The number of piperazine rings is 2. The van der Waals surface area contributed by atoms with E-state index in [1.807, 2.05) is 60.5 Å². The summed E-state index contributed by atoms with van der Waals surface area (Å²) in [5, 5.41) is 9.44. The fourth-order valence-electron chi connectivity index (χ4n) is 5.41. The van der Waals surface area contributed by atoms with E-state index in [1.54, 1.807) is 0 Å². The maximum Gasteiger partial charge on any atom is 0.254 e. The number of rotatable bonds is 5. The lowest BCUT2D eigenvalue weighted by molar-refractivity contribution is 0.0672. The predicted molar refractivity (Wildman–Crippen MR) is 147 cm³/mol. The lowest BCUT2D eigenvalue weighted by atomic mass is 10.0. The Hall–Kier alpha value is -3.89. The minimum Gasteiger partial charge on any atom is -0.368 e. The number of pyridine rings is 1. The smallest absolute Gasteiger partial charge is 0.254 e. The Kier molecular flexibility index (Phi) is 7.38. The molecule has 1 atom stereocenters. The molecular weight excluding hydrogens is 460 g/mol. The first-order valence-electron chi connectivity index (χ1n) is 13.1. The van der Waals surface area contributed by atoms with Gasteiger partial charge in [-0.15, -0.1) is 0 Å². The SMILES string of the molecule is Cc1ccc(CN2CCN(c3ccccc3C#N)CC2)cc1C(=O)N1CCN(c2ccccn2)C[C@@H]1C. The average molecular weight is 495 g/mol. The van der Waals surface area contributed by atoms with Crippen molar-refractivity contribution >= 4 is 17.4 Å². The highest BCUT2D eigenvalue weighted by Gasteiger charge is 2.29. The molecule has 190 valence electrons. The minimum atomic E-state index is 0.107. The van der Waals surface area contributed by atoms with E-state index in [2.05, 4.69) is 50.9 Å². The first-order valence-corrected chi connectivity index (χ1v) is 13.1. The maximum atomic E-state index is 13.6. The molecule has 3 aromatic rings. The van der Waals surface area contributed by atoms with Crippen LogP contribution in [0.2, 0.25) is 0 Å². The van der Waals surface area contributed by atoms with E-state index in [1.165, 1.54) is 5.56 Å². The number of aromatic nitrogens is 1. The van der Waals surface area contributed by atoms with Gasteiger partial charge in [0.15, 0.2) is 0 Å². The van der Waals surface area contributed by atoms with Crippen molar-refractivity contribution < 1.29 is 4.79 Å². The Morgan fingerprint density at radius 3 is 2.46 bits per heavy atom. The summed E-state index contributed by atoms with van der Waals surface area (Å²) in [6.45, 7) is 10.8. The summed E-state index contributed by atoms with van der Waals surface area (Å²) >= 11 is 0. The third-order valence-corrected chi connectivity index (χ3v) is 7.54. The van der Waals surface area contributed by atoms with Crippen LogP contribution >= 0.6 is 0 Å². The third kappa shape index (κ3) is 5.45. The third-order valence-electron chi connectivity index (χ3n) is 7.54. The van der Waals surface area contributed by atoms with Crippen LogP contribution in [0.25, 0.3) is 0 Å². The maximum absolute atomic E-state index is 13.6. The molecule has 0 radical (unpaired) electrons. The zero-order valence-corrected chi connectivity index (χ0v) is 21.7. The molecule has 0 saturated carbocycles. The summed E-state index contributed by atoms with van der Waals surface area (Å²) in [5.41, 5.74) is 4.74. The van der Waals surface area contributed by atoms with E-state index in [9.17, 15) is 10.1 Å². The van der Waals surface area contributed by atoms with Gasteiger partial charge in [-0.05, 0) is 55.3 Å². The zero-order chi connectivity index (χ0) is 25.8. The molecule has 1 aromatic heterocycles. The van der Waals surface area contributed by atoms with E-state index in [4.69, 9.17) is 0 Å². The Balaban J connectivity index is 1.21. The van der Waals surface area contributed by atoms with Crippen LogP contribution in [-0.4, -0.2) is 72.5 Å². The summed E-state index contributed by atoms with van der Waals surface area (Å²) in [5.74, 6) is 1.08. The van der Waals surface area contributed by atoms with Crippen LogP contribution in [0.1, 0.15) is 34.0 Å². The van der Waals surface area contributed by atoms with Crippen molar-refractivity contribution in [3.8, 4) is 6.07 Å². The number of amides is 1. The molecule has 1 amide bonds. The number of benzene rings is 2. The molecule has 2 aliphatic rings. The molecule has 0 N–H and O–H groups in total. The van der Waals surface area contributed by atoms with Gasteiger partial charge in [0.05, 0.1) is 11.3 Å². The minimum absolute atomic E-state index is 0.107. The van der Waals surface area contributed by atoms with Crippen molar-refractivity contribution in [3.63, 3.8) is 0 Å². The fourth-order valence-corrected chi connectivity index (χ4v) is 5.41. The number of nitriles is 1. The second kappa shape index (κ2) is 11.0. The Bertz CT molecular complexity index is 1280. The highest BCUT2D eigenvalue weighted by molar-refractivity contribution is 5.96. The van der Waals surface area contributed by atoms with Gasteiger partial charge in [-0.1, -0.05) is 30.3 Å². The van der Waals surface area contributed by atoms with E-state index < -0.39 is 0 Å². The molecule has 3 heterocycles. The van der Waals surface area contributed by atoms with Gasteiger partial charge < -0.3 is 14.7 Å². The zero-order valence-electron chi connectivity index (χ0n) is 21.7. The van der Waals surface area contributed by atoms with Crippen molar-refractivity contribution in [2.45, 2.75) is 26.4 Å². The van der Waals surface area contributed by atoms with Crippen LogP contribution in [0.3, 0.4) is 0 Å². The lowest BCUT2D eigenvalue weighted by Gasteiger charge is -2.40. The number of hydrogen-bond acceptors (Lipinski definition) is 6. The van der Waals surface area contributed by atoms with Gasteiger partial charge in [-0.2, -0.15) is 5.26 Å². The van der Waals surface area contributed by atoms with Gasteiger partial charge in [0.2, 0.25) is 0 Å². The van der Waals surface area contributed by atoms with Crippen molar-refractivity contribution in [2.24, 2.45) is 0 Å². The normalized spacial score (nSPS) is 18.5. The topological polar surface area (TPSA) is 66.7 Å². The van der Waals surface area contributed by atoms with E-state index in [0.29, 0.717) is 6.54 Å². The molecule has 7 heteroatoms. The Labute approximate surface area is 219 Å². The fraction of sp³-hybridized carbons (Fsp3) is 0.367. The quantitative estimate of drug-likeness (QED) is 0.535. The van der Waals surface area contributed by atoms with Gasteiger partial charge in [-0.25, -0.2) is 4.98 Å². The molecular formula is C30H34N6O. The standard InChI is InChI=1S/C30H34N6O/c1-23-10-11-25(22-33-13-15-34(16-14-33)28-8-4-3-7-26(28)20-31)19-27(23)30(37)36-18-17-35(21-24(36)2)29-9-5-6-12-32-29/h3-12,19,24H,13-18,21-22H2,1-2H3/t24-/m0/s1. The summed E-state index contributed by atoms with van der Waals surface area (Å²) in [6, 6.07) is 22.5. The first kappa shape index (κ1) is 24.8. The molecule has 2 aliphatic heterocycles. The number of para-hydroxylation sites is 1. The van der Waals surface area contributed by atoms with E-state index in [-0.39, 0.29) is 11.9 Å². The molecule has 2 fully saturated rings. The highest BCUT2D eigenvalue weighted by atomic mass is 16.2. The second-order valence-electron chi connectivity index (χ2n) is 10.0. The number of nitrogens with zero attached hydrogens (tertiary/aromatic N) is 6. The Morgan fingerprint density at radius 2 is 1.73 bits per heavy atom. The van der Waals surface area contributed by atoms with Gasteiger partial charge >= 0.3 is 0 Å². The summed E-state index contributed by atoms with van der Waals surface area (Å²) < 4.78 is 0. The number of carbonyl (C=O) groups is 1. The van der Waals surface area contributed by atoms with Crippen LogP contribution in [0.15, 0.2) is 66.9 Å². The molecule has 0 bridgehead atoms. The van der Waals surface area contributed by atoms with Crippen molar-refractivity contribution in [2.75, 3.05) is 55.6 Å². The average Bonchev–Trinajstić information content (AvgIpc) is 2.94. The Morgan fingerprint density at radius 1 is 0.973 bits per heavy atom. The largest absolute Gasteiger partial charge is 0.368 e. The molecule has 2 saturated heterocycles. The van der Waals surface area contributed by atoms with E-state index >= 15 is 0 Å². The van der Waals surface area contributed by atoms with Crippen LogP contribution in [-0.2, 0) is 6.54 Å². The predicted octanol–water partition coefficient (Wildman–Crippen LogP) is 3.93.